The summed E-state index contributed by atoms with van der Waals surface area (Å²) in [4.78, 5) is 40.5. The highest BCUT2D eigenvalue weighted by Gasteiger charge is 2.25. The van der Waals surface area contributed by atoms with Gasteiger partial charge in [-0.15, -0.1) is 10.2 Å². The topological polar surface area (TPSA) is 118 Å². The Kier molecular flexibility index (Phi) is 11.3. The SMILES string of the molecule is CCn1c(SCC(=O)Nc2cccc(C(=O)N3CCOCC3)c2)nnc1[C@H](CC(C)C)NC(=O)c1ccc(Cl)cc1Cl. The first-order chi connectivity index (χ1) is 20.2. The van der Waals surface area contributed by atoms with Crippen molar-refractivity contribution in [3.05, 3.63) is 69.5 Å². The molecule has 1 atom stereocenters. The van der Waals surface area contributed by atoms with Gasteiger partial charge in [-0.2, -0.15) is 0 Å². The molecular formula is C29H34Cl2N6O4S. The maximum atomic E-state index is 13.1. The molecule has 4 rings (SSSR count). The fraction of sp³-hybridized carbons (Fsp3) is 0.414. The van der Waals surface area contributed by atoms with E-state index in [1.807, 2.05) is 11.5 Å². The molecule has 2 N–H and O–H groups in total. The lowest BCUT2D eigenvalue weighted by atomic mass is 10.0. The Morgan fingerprint density at radius 3 is 2.52 bits per heavy atom. The van der Waals surface area contributed by atoms with Crippen LogP contribution in [-0.4, -0.2) is 69.4 Å². The number of aromatic nitrogens is 3. The number of hydrogen-bond acceptors (Lipinski definition) is 7. The predicted molar refractivity (Wildman–Crippen MR) is 164 cm³/mol. The van der Waals surface area contributed by atoms with Gasteiger partial charge in [0.2, 0.25) is 5.91 Å². The van der Waals surface area contributed by atoms with Gasteiger partial charge in [-0.1, -0.05) is 54.9 Å². The van der Waals surface area contributed by atoms with Crippen LogP contribution in [0.5, 0.6) is 0 Å². The molecule has 2 heterocycles. The summed E-state index contributed by atoms with van der Waals surface area (Å²) in [7, 11) is 0. The number of thioether (sulfide) groups is 1. The molecule has 0 spiro atoms. The average molecular weight is 634 g/mol. The molecule has 1 saturated heterocycles. The zero-order chi connectivity index (χ0) is 30.2. The van der Waals surface area contributed by atoms with Crippen LogP contribution in [0.15, 0.2) is 47.6 Å². The summed E-state index contributed by atoms with van der Waals surface area (Å²) in [6.07, 6.45) is 0.625. The summed E-state index contributed by atoms with van der Waals surface area (Å²) in [5.74, 6) is 0.270. The quantitative estimate of drug-likeness (QED) is 0.274. The molecule has 224 valence electrons. The number of benzene rings is 2. The van der Waals surface area contributed by atoms with Crippen molar-refractivity contribution >= 4 is 58.4 Å². The standard InChI is InChI=1S/C29H34Cl2N6O4S/c1-4-37-26(24(14-18(2)3)33-27(39)22-9-8-20(30)16-23(22)31)34-35-29(37)42-17-25(38)32-21-7-5-6-19(15-21)28(40)36-10-12-41-13-11-36/h5-9,15-16,18,24H,4,10-14,17H2,1-3H3,(H,32,38)(H,33,39)/t24-/m0/s1. The lowest BCUT2D eigenvalue weighted by Gasteiger charge is -2.27. The third-order valence-electron chi connectivity index (χ3n) is 6.59. The van der Waals surface area contributed by atoms with Gasteiger partial charge in [0.15, 0.2) is 11.0 Å². The Balaban J connectivity index is 1.42. The molecule has 1 aliphatic heterocycles. The third-order valence-corrected chi connectivity index (χ3v) is 8.10. The number of halogens is 2. The number of morpholine rings is 1. The zero-order valence-electron chi connectivity index (χ0n) is 23.7. The highest BCUT2D eigenvalue weighted by atomic mass is 35.5. The molecule has 3 amide bonds. The van der Waals surface area contributed by atoms with Gasteiger partial charge < -0.3 is 24.8 Å². The Morgan fingerprint density at radius 1 is 1.07 bits per heavy atom. The van der Waals surface area contributed by atoms with E-state index in [0.29, 0.717) is 72.1 Å². The minimum absolute atomic E-state index is 0.0847. The van der Waals surface area contributed by atoms with Crippen LogP contribution < -0.4 is 10.6 Å². The van der Waals surface area contributed by atoms with Crippen LogP contribution in [-0.2, 0) is 16.1 Å². The maximum Gasteiger partial charge on any atom is 0.254 e. The van der Waals surface area contributed by atoms with Crippen LogP contribution in [0, 0.1) is 5.92 Å². The lowest BCUT2D eigenvalue weighted by Crippen LogP contribution is -2.40. The van der Waals surface area contributed by atoms with Gasteiger partial charge in [0.25, 0.3) is 11.8 Å². The third kappa shape index (κ3) is 8.25. The molecule has 1 aliphatic rings. The fourth-order valence-electron chi connectivity index (χ4n) is 4.58. The molecule has 2 aromatic carbocycles. The summed E-state index contributed by atoms with van der Waals surface area (Å²) in [6, 6.07) is 11.2. The monoisotopic (exact) mass is 632 g/mol. The molecule has 13 heteroatoms. The molecule has 0 radical (unpaired) electrons. The van der Waals surface area contributed by atoms with E-state index in [-0.39, 0.29) is 34.4 Å². The van der Waals surface area contributed by atoms with Crippen LogP contribution in [0.25, 0.3) is 0 Å². The number of hydrogen-bond donors (Lipinski definition) is 2. The second-order valence-corrected chi connectivity index (χ2v) is 12.0. The predicted octanol–water partition coefficient (Wildman–Crippen LogP) is 5.33. The number of nitrogens with one attached hydrogen (secondary N) is 2. The van der Waals surface area contributed by atoms with E-state index < -0.39 is 6.04 Å². The normalized spacial score (nSPS) is 14.1. The van der Waals surface area contributed by atoms with E-state index in [4.69, 9.17) is 27.9 Å². The van der Waals surface area contributed by atoms with Crippen LogP contribution in [0.3, 0.4) is 0 Å². The van der Waals surface area contributed by atoms with E-state index in [9.17, 15) is 14.4 Å². The van der Waals surface area contributed by atoms with E-state index in [1.54, 1.807) is 41.3 Å². The number of anilines is 1. The number of carbonyl (C=O) groups is 3. The van der Waals surface area contributed by atoms with Crippen molar-refractivity contribution in [1.82, 2.24) is 25.0 Å². The molecule has 0 aliphatic carbocycles. The van der Waals surface area contributed by atoms with Gasteiger partial charge in [0.05, 0.1) is 35.6 Å². The molecule has 1 fully saturated rings. The van der Waals surface area contributed by atoms with E-state index in [2.05, 4.69) is 34.7 Å². The van der Waals surface area contributed by atoms with Crippen molar-refractivity contribution in [2.45, 2.75) is 44.9 Å². The lowest BCUT2D eigenvalue weighted by molar-refractivity contribution is -0.113. The van der Waals surface area contributed by atoms with Gasteiger partial charge in [0.1, 0.15) is 0 Å². The van der Waals surface area contributed by atoms with Gasteiger partial charge in [-0.25, -0.2) is 0 Å². The number of rotatable bonds is 11. The summed E-state index contributed by atoms with van der Waals surface area (Å²) in [5.41, 5.74) is 1.37. The Morgan fingerprint density at radius 2 is 1.83 bits per heavy atom. The highest BCUT2D eigenvalue weighted by Crippen LogP contribution is 2.27. The number of nitrogens with zero attached hydrogens (tertiary/aromatic N) is 4. The second kappa shape index (κ2) is 14.9. The molecule has 42 heavy (non-hydrogen) atoms. The first kappa shape index (κ1) is 31.8. The van der Waals surface area contributed by atoms with Crippen molar-refractivity contribution in [2.75, 3.05) is 37.4 Å². The van der Waals surface area contributed by atoms with E-state index in [0.717, 1.165) is 0 Å². The minimum Gasteiger partial charge on any atom is -0.378 e. The minimum atomic E-state index is -0.424. The van der Waals surface area contributed by atoms with Crippen molar-refractivity contribution in [2.24, 2.45) is 5.92 Å². The summed E-state index contributed by atoms with van der Waals surface area (Å²) >= 11 is 13.5. The van der Waals surface area contributed by atoms with E-state index >= 15 is 0 Å². The van der Waals surface area contributed by atoms with E-state index in [1.165, 1.54) is 17.8 Å². The van der Waals surface area contributed by atoms with Gasteiger partial charge in [-0.3, -0.25) is 14.4 Å². The number of carbonyl (C=O) groups excluding carboxylic acids is 3. The summed E-state index contributed by atoms with van der Waals surface area (Å²) < 4.78 is 7.22. The van der Waals surface area contributed by atoms with Crippen molar-refractivity contribution in [1.29, 1.82) is 0 Å². The second-order valence-electron chi connectivity index (χ2n) is 10.2. The first-order valence-electron chi connectivity index (χ1n) is 13.7. The Labute approximate surface area is 259 Å². The smallest absolute Gasteiger partial charge is 0.254 e. The fourth-order valence-corrected chi connectivity index (χ4v) is 5.88. The van der Waals surface area contributed by atoms with Crippen LogP contribution in [0.4, 0.5) is 5.69 Å². The number of amides is 3. The van der Waals surface area contributed by atoms with Gasteiger partial charge in [0, 0.05) is 35.9 Å². The van der Waals surface area contributed by atoms with Crippen LogP contribution >= 0.6 is 35.0 Å². The van der Waals surface area contributed by atoms with Crippen LogP contribution in [0.1, 0.15) is 59.8 Å². The highest BCUT2D eigenvalue weighted by molar-refractivity contribution is 7.99. The Hall–Kier alpha value is -3.12. The molecule has 0 saturated carbocycles. The van der Waals surface area contributed by atoms with Crippen LogP contribution in [0.2, 0.25) is 10.0 Å². The first-order valence-corrected chi connectivity index (χ1v) is 15.5. The van der Waals surface area contributed by atoms with Crippen molar-refractivity contribution < 1.29 is 19.1 Å². The molecular weight excluding hydrogens is 599 g/mol. The Bertz CT molecular complexity index is 1430. The summed E-state index contributed by atoms with van der Waals surface area (Å²) in [5, 5.41) is 15.9. The van der Waals surface area contributed by atoms with Crippen molar-refractivity contribution in [3.8, 4) is 0 Å². The zero-order valence-corrected chi connectivity index (χ0v) is 26.1. The molecule has 3 aromatic rings. The molecule has 1 aromatic heterocycles. The summed E-state index contributed by atoms with van der Waals surface area (Å²) in [6.45, 7) is 8.75. The largest absolute Gasteiger partial charge is 0.378 e. The molecule has 0 bridgehead atoms. The molecule has 0 unspecified atom stereocenters. The molecule has 10 nitrogen and oxygen atoms in total. The van der Waals surface area contributed by atoms with Gasteiger partial charge in [-0.05, 0) is 55.7 Å². The maximum absolute atomic E-state index is 13.1. The van der Waals surface area contributed by atoms with Crippen molar-refractivity contribution in [3.63, 3.8) is 0 Å². The number of ether oxygens (including phenoxy) is 1. The average Bonchev–Trinajstić information content (AvgIpc) is 3.38. The van der Waals surface area contributed by atoms with Gasteiger partial charge >= 0.3 is 0 Å².